The topological polar surface area (TPSA) is 111 Å². The first-order valence-electron chi connectivity index (χ1n) is 6.45. The zero-order chi connectivity index (χ0) is 14.5. The molecule has 0 atom stereocenters. The Morgan fingerprint density at radius 1 is 1.47 bits per heavy atom. The highest BCUT2D eigenvalue weighted by atomic mass is 16.5. The molecule has 0 bridgehead atoms. The number of nitrogens with zero attached hydrogens (tertiary/aromatic N) is 3. The molecule has 0 aliphatic heterocycles. The third-order valence-corrected chi connectivity index (χ3v) is 2.61. The van der Waals surface area contributed by atoms with Gasteiger partial charge in [0.05, 0.1) is 18.6 Å². The first kappa shape index (κ1) is 15.6. The molecule has 1 aromatic heterocycles. The standard InChI is InChI=1S/C12H23N5O2/c1-4-5-6-17(7-9(13)18)8-10-15-11(16-19-10)12(2,3)14/h4-8,14H2,1-3H3,(H2,13,18). The van der Waals surface area contributed by atoms with Crippen LogP contribution in [0.5, 0.6) is 0 Å². The average molecular weight is 269 g/mol. The summed E-state index contributed by atoms with van der Waals surface area (Å²) in [5, 5.41) is 3.85. The monoisotopic (exact) mass is 269 g/mol. The van der Waals surface area contributed by atoms with E-state index in [9.17, 15) is 4.79 Å². The van der Waals surface area contributed by atoms with Crippen LogP contribution in [0.15, 0.2) is 4.52 Å². The van der Waals surface area contributed by atoms with Crippen molar-refractivity contribution >= 4 is 5.91 Å². The Kier molecular flexibility index (Phi) is 5.44. The number of hydrogen-bond acceptors (Lipinski definition) is 6. The maximum Gasteiger partial charge on any atom is 0.240 e. The van der Waals surface area contributed by atoms with Gasteiger partial charge >= 0.3 is 0 Å². The van der Waals surface area contributed by atoms with E-state index in [1.165, 1.54) is 0 Å². The predicted octanol–water partition coefficient (Wildman–Crippen LogP) is 0.351. The fraction of sp³-hybridized carbons (Fsp3) is 0.750. The molecule has 0 saturated heterocycles. The molecular weight excluding hydrogens is 246 g/mol. The summed E-state index contributed by atoms with van der Waals surface area (Å²) in [7, 11) is 0. The molecular formula is C12H23N5O2. The normalized spacial score (nSPS) is 12.1. The minimum atomic E-state index is -0.639. The lowest BCUT2D eigenvalue weighted by molar-refractivity contribution is -0.119. The molecule has 1 amide bonds. The van der Waals surface area contributed by atoms with Gasteiger partial charge in [0.1, 0.15) is 0 Å². The van der Waals surface area contributed by atoms with Crippen molar-refractivity contribution in [3.63, 3.8) is 0 Å². The van der Waals surface area contributed by atoms with Crippen molar-refractivity contribution in [1.29, 1.82) is 0 Å². The number of primary amides is 1. The van der Waals surface area contributed by atoms with Crippen molar-refractivity contribution in [1.82, 2.24) is 15.0 Å². The zero-order valence-corrected chi connectivity index (χ0v) is 11.8. The van der Waals surface area contributed by atoms with Crippen LogP contribution >= 0.6 is 0 Å². The summed E-state index contributed by atoms with van der Waals surface area (Å²) in [5.41, 5.74) is 10.5. The first-order valence-corrected chi connectivity index (χ1v) is 6.45. The minimum Gasteiger partial charge on any atom is -0.369 e. The van der Waals surface area contributed by atoms with Crippen LogP contribution in [0.1, 0.15) is 45.3 Å². The number of aromatic nitrogens is 2. The quantitative estimate of drug-likeness (QED) is 0.704. The van der Waals surface area contributed by atoms with E-state index in [2.05, 4.69) is 17.1 Å². The molecule has 0 fully saturated rings. The van der Waals surface area contributed by atoms with E-state index in [1.807, 2.05) is 4.90 Å². The highest BCUT2D eigenvalue weighted by Crippen LogP contribution is 2.13. The summed E-state index contributed by atoms with van der Waals surface area (Å²) in [6, 6.07) is 0. The van der Waals surface area contributed by atoms with E-state index in [0.29, 0.717) is 18.3 Å². The molecule has 0 unspecified atom stereocenters. The Hall–Kier alpha value is -1.47. The van der Waals surface area contributed by atoms with Crippen LogP contribution in [0.4, 0.5) is 0 Å². The average Bonchev–Trinajstić information content (AvgIpc) is 2.73. The number of carbonyl (C=O) groups excluding carboxylic acids is 1. The fourth-order valence-electron chi connectivity index (χ4n) is 1.59. The molecule has 1 heterocycles. The van der Waals surface area contributed by atoms with Gasteiger partial charge in [0.25, 0.3) is 0 Å². The van der Waals surface area contributed by atoms with Gasteiger partial charge in [-0.2, -0.15) is 4.98 Å². The third-order valence-electron chi connectivity index (χ3n) is 2.61. The van der Waals surface area contributed by atoms with Crippen LogP contribution in [-0.4, -0.2) is 34.0 Å². The first-order chi connectivity index (χ1) is 8.82. The molecule has 108 valence electrons. The number of unbranched alkanes of at least 4 members (excludes halogenated alkanes) is 1. The summed E-state index contributed by atoms with van der Waals surface area (Å²) in [6.07, 6.45) is 2.02. The van der Waals surface area contributed by atoms with Gasteiger partial charge in [-0.05, 0) is 26.8 Å². The van der Waals surface area contributed by atoms with Crippen LogP contribution in [-0.2, 0) is 16.9 Å². The lowest BCUT2D eigenvalue weighted by Gasteiger charge is -2.18. The Bertz CT molecular complexity index is 410. The van der Waals surface area contributed by atoms with Crippen molar-refractivity contribution in [3.05, 3.63) is 11.7 Å². The van der Waals surface area contributed by atoms with Crippen molar-refractivity contribution in [2.24, 2.45) is 11.5 Å². The van der Waals surface area contributed by atoms with E-state index in [-0.39, 0.29) is 12.5 Å². The predicted molar refractivity (Wildman–Crippen MR) is 70.9 cm³/mol. The van der Waals surface area contributed by atoms with E-state index in [1.54, 1.807) is 13.8 Å². The fourth-order valence-corrected chi connectivity index (χ4v) is 1.59. The second-order valence-corrected chi connectivity index (χ2v) is 5.26. The summed E-state index contributed by atoms with van der Waals surface area (Å²) in [4.78, 5) is 17.2. The molecule has 19 heavy (non-hydrogen) atoms. The molecule has 7 nitrogen and oxygen atoms in total. The number of carbonyl (C=O) groups is 1. The van der Waals surface area contributed by atoms with E-state index >= 15 is 0 Å². The lowest BCUT2D eigenvalue weighted by atomic mass is 10.1. The zero-order valence-electron chi connectivity index (χ0n) is 11.8. The molecule has 0 aliphatic rings. The van der Waals surface area contributed by atoms with Crippen molar-refractivity contribution in [2.75, 3.05) is 13.1 Å². The van der Waals surface area contributed by atoms with Crippen LogP contribution in [0, 0.1) is 0 Å². The lowest BCUT2D eigenvalue weighted by Crippen LogP contribution is -2.34. The summed E-state index contributed by atoms with van der Waals surface area (Å²) in [6.45, 7) is 7.06. The van der Waals surface area contributed by atoms with Crippen molar-refractivity contribution < 1.29 is 9.32 Å². The molecule has 0 aliphatic carbocycles. The molecule has 0 saturated carbocycles. The van der Waals surface area contributed by atoms with Gasteiger partial charge in [0, 0.05) is 0 Å². The van der Waals surface area contributed by atoms with Crippen LogP contribution in [0.25, 0.3) is 0 Å². The number of nitrogens with two attached hydrogens (primary N) is 2. The van der Waals surface area contributed by atoms with Crippen LogP contribution in [0.2, 0.25) is 0 Å². The molecule has 1 aromatic rings. The second-order valence-electron chi connectivity index (χ2n) is 5.26. The number of amides is 1. The highest BCUT2D eigenvalue weighted by molar-refractivity contribution is 5.75. The maximum atomic E-state index is 11.0. The minimum absolute atomic E-state index is 0.184. The Balaban J connectivity index is 2.67. The van der Waals surface area contributed by atoms with Gasteiger partial charge in [0.15, 0.2) is 5.82 Å². The van der Waals surface area contributed by atoms with E-state index in [0.717, 1.165) is 19.4 Å². The van der Waals surface area contributed by atoms with Gasteiger partial charge < -0.3 is 16.0 Å². The molecule has 7 heteroatoms. The molecule has 0 radical (unpaired) electrons. The number of rotatable bonds is 8. The van der Waals surface area contributed by atoms with Gasteiger partial charge in [-0.25, -0.2) is 0 Å². The summed E-state index contributed by atoms with van der Waals surface area (Å²) < 4.78 is 5.15. The Morgan fingerprint density at radius 3 is 2.63 bits per heavy atom. The van der Waals surface area contributed by atoms with Gasteiger partial charge in [-0.15, -0.1) is 0 Å². The largest absolute Gasteiger partial charge is 0.369 e. The van der Waals surface area contributed by atoms with Gasteiger partial charge in [-0.1, -0.05) is 18.5 Å². The summed E-state index contributed by atoms with van der Waals surface area (Å²) >= 11 is 0. The molecule has 0 aromatic carbocycles. The third kappa shape index (κ3) is 5.35. The van der Waals surface area contributed by atoms with Crippen molar-refractivity contribution in [2.45, 2.75) is 45.7 Å². The Labute approximate surface area is 113 Å². The van der Waals surface area contributed by atoms with Crippen LogP contribution in [0.3, 0.4) is 0 Å². The van der Waals surface area contributed by atoms with Gasteiger partial charge in [-0.3, -0.25) is 9.69 Å². The number of hydrogen-bond donors (Lipinski definition) is 2. The molecule has 4 N–H and O–H groups in total. The molecule has 1 rings (SSSR count). The maximum absolute atomic E-state index is 11.0. The second kappa shape index (κ2) is 6.63. The van der Waals surface area contributed by atoms with E-state index in [4.69, 9.17) is 16.0 Å². The van der Waals surface area contributed by atoms with Crippen molar-refractivity contribution in [3.8, 4) is 0 Å². The molecule has 0 spiro atoms. The highest BCUT2D eigenvalue weighted by Gasteiger charge is 2.22. The van der Waals surface area contributed by atoms with Crippen LogP contribution < -0.4 is 11.5 Å². The van der Waals surface area contributed by atoms with Gasteiger partial charge in [0.2, 0.25) is 11.8 Å². The SMILES string of the molecule is CCCCN(CC(N)=O)Cc1nc(C(C)(C)N)no1. The smallest absolute Gasteiger partial charge is 0.240 e. The summed E-state index contributed by atoms with van der Waals surface area (Å²) in [5.74, 6) is 0.540. The Morgan fingerprint density at radius 2 is 2.16 bits per heavy atom. The van der Waals surface area contributed by atoms with E-state index < -0.39 is 5.54 Å².